The van der Waals surface area contributed by atoms with Gasteiger partial charge in [-0.3, -0.25) is 9.59 Å². The molecule has 168 valence electrons. The summed E-state index contributed by atoms with van der Waals surface area (Å²) in [5.41, 5.74) is 3.73. The summed E-state index contributed by atoms with van der Waals surface area (Å²) in [6.45, 7) is 1.08. The molecule has 0 unspecified atom stereocenters. The number of benzene rings is 1. The van der Waals surface area contributed by atoms with Gasteiger partial charge in [0.05, 0.1) is 7.11 Å². The molecule has 10 heteroatoms. The summed E-state index contributed by atoms with van der Waals surface area (Å²) in [6, 6.07) is 7.65. The number of carbonyl (C=O) groups is 4. The van der Waals surface area contributed by atoms with Crippen molar-refractivity contribution in [2.75, 3.05) is 20.2 Å². The summed E-state index contributed by atoms with van der Waals surface area (Å²) in [4.78, 5) is 49.1. The first-order valence-corrected chi connectivity index (χ1v) is 10.4. The Morgan fingerprint density at radius 1 is 1.23 bits per heavy atom. The van der Waals surface area contributed by atoms with Crippen molar-refractivity contribution in [1.82, 2.24) is 21.1 Å². The van der Waals surface area contributed by atoms with Crippen molar-refractivity contribution in [3.8, 4) is 0 Å². The van der Waals surface area contributed by atoms with E-state index in [-0.39, 0.29) is 24.9 Å². The van der Waals surface area contributed by atoms with E-state index >= 15 is 0 Å². The lowest BCUT2D eigenvalue weighted by Gasteiger charge is -2.33. The number of hydrazine groups is 1. The second kappa shape index (κ2) is 10.8. The highest BCUT2D eigenvalue weighted by Gasteiger charge is 2.35. The molecule has 31 heavy (non-hydrogen) atoms. The highest BCUT2D eigenvalue weighted by atomic mass is 16.6. The Labute approximate surface area is 180 Å². The van der Waals surface area contributed by atoms with Gasteiger partial charge in [0, 0.05) is 19.0 Å². The normalized spacial score (nSPS) is 21.7. The van der Waals surface area contributed by atoms with E-state index in [1.54, 1.807) is 0 Å². The number of methoxy groups -OCH3 is 1. The molecular formula is C21H28N4O6. The van der Waals surface area contributed by atoms with Crippen molar-refractivity contribution < 1.29 is 28.7 Å². The van der Waals surface area contributed by atoms with Crippen LogP contribution in [-0.2, 0) is 30.5 Å². The Hall–Kier alpha value is -3.14. The van der Waals surface area contributed by atoms with Gasteiger partial charge in [0.2, 0.25) is 11.8 Å². The summed E-state index contributed by atoms with van der Waals surface area (Å²) < 4.78 is 10.1. The molecule has 3 atom stereocenters. The van der Waals surface area contributed by atoms with Gasteiger partial charge in [0.15, 0.2) is 0 Å². The van der Waals surface area contributed by atoms with Gasteiger partial charge in [-0.1, -0.05) is 30.3 Å². The van der Waals surface area contributed by atoms with Crippen LogP contribution in [0.2, 0.25) is 0 Å². The number of carbonyl (C=O) groups excluding carboxylic acids is 4. The second-order valence-corrected chi connectivity index (χ2v) is 7.61. The standard InChI is InChI=1S/C21H28N4O6/c1-30-20(28)17(12-15-9-10-22-18(15)26)23-19(27)16-8-5-11-25(24-16)21(29)31-13-14-6-3-2-4-7-14/h2-4,6-7,15-17,24H,5,8-13H2,1H3,(H,22,26)(H,23,27)/t15-,16-,17-/m0/s1. The van der Waals surface area contributed by atoms with E-state index in [0.717, 1.165) is 5.56 Å². The summed E-state index contributed by atoms with van der Waals surface area (Å²) in [7, 11) is 1.24. The first kappa shape index (κ1) is 22.5. The average molecular weight is 432 g/mol. The molecule has 2 saturated heterocycles. The maximum Gasteiger partial charge on any atom is 0.424 e. The maximum absolute atomic E-state index is 12.8. The van der Waals surface area contributed by atoms with Crippen LogP contribution in [0.5, 0.6) is 0 Å². The number of hydrogen-bond acceptors (Lipinski definition) is 7. The predicted octanol–water partition coefficient (Wildman–Crippen LogP) is 0.476. The molecule has 0 aromatic heterocycles. The van der Waals surface area contributed by atoms with E-state index in [1.807, 2.05) is 30.3 Å². The van der Waals surface area contributed by atoms with Gasteiger partial charge in [-0.25, -0.2) is 20.0 Å². The number of nitrogens with one attached hydrogen (secondary N) is 3. The molecule has 10 nitrogen and oxygen atoms in total. The van der Waals surface area contributed by atoms with Gasteiger partial charge in [-0.15, -0.1) is 0 Å². The lowest BCUT2D eigenvalue weighted by atomic mass is 9.98. The third-order valence-corrected chi connectivity index (χ3v) is 5.41. The molecule has 3 rings (SSSR count). The van der Waals surface area contributed by atoms with Crippen LogP contribution < -0.4 is 16.1 Å². The Bertz CT molecular complexity index is 802. The monoisotopic (exact) mass is 432 g/mol. The molecule has 0 spiro atoms. The predicted molar refractivity (Wildman–Crippen MR) is 109 cm³/mol. The van der Waals surface area contributed by atoms with Gasteiger partial charge in [-0.05, 0) is 31.2 Å². The minimum atomic E-state index is -0.937. The summed E-state index contributed by atoms with van der Waals surface area (Å²) in [5.74, 6) is -1.53. The van der Waals surface area contributed by atoms with Crippen molar-refractivity contribution in [3.63, 3.8) is 0 Å². The Kier molecular flexibility index (Phi) is 7.82. The van der Waals surface area contributed by atoms with E-state index in [4.69, 9.17) is 9.47 Å². The minimum absolute atomic E-state index is 0.128. The van der Waals surface area contributed by atoms with Gasteiger partial charge >= 0.3 is 12.1 Å². The van der Waals surface area contributed by atoms with E-state index in [0.29, 0.717) is 32.4 Å². The van der Waals surface area contributed by atoms with Crippen molar-refractivity contribution >= 4 is 23.9 Å². The van der Waals surface area contributed by atoms with E-state index in [1.165, 1.54) is 12.1 Å². The van der Waals surface area contributed by atoms with E-state index < -0.39 is 30.1 Å². The molecule has 0 radical (unpaired) electrons. The fourth-order valence-corrected chi connectivity index (χ4v) is 3.68. The first-order valence-electron chi connectivity index (χ1n) is 10.4. The molecule has 3 amide bonds. The molecule has 2 fully saturated rings. The van der Waals surface area contributed by atoms with Crippen molar-refractivity contribution in [2.24, 2.45) is 5.92 Å². The largest absolute Gasteiger partial charge is 0.467 e. The first-order chi connectivity index (χ1) is 15.0. The quantitative estimate of drug-likeness (QED) is 0.535. The van der Waals surface area contributed by atoms with Gasteiger partial charge < -0.3 is 20.1 Å². The van der Waals surface area contributed by atoms with Crippen molar-refractivity contribution in [1.29, 1.82) is 0 Å². The SMILES string of the molecule is COC(=O)[C@H](C[C@@H]1CCNC1=O)NC(=O)[C@@H]1CCCN(C(=O)OCc2ccccc2)N1. The Balaban J connectivity index is 1.53. The number of rotatable bonds is 7. The Morgan fingerprint density at radius 3 is 2.68 bits per heavy atom. The van der Waals surface area contributed by atoms with Gasteiger partial charge in [-0.2, -0.15) is 0 Å². The summed E-state index contributed by atoms with van der Waals surface area (Å²) in [6.07, 6.45) is 1.28. The van der Waals surface area contributed by atoms with Crippen LogP contribution in [0.4, 0.5) is 4.79 Å². The molecule has 1 aromatic rings. The minimum Gasteiger partial charge on any atom is -0.467 e. The second-order valence-electron chi connectivity index (χ2n) is 7.61. The topological polar surface area (TPSA) is 126 Å². The maximum atomic E-state index is 12.8. The lowest BCUT2D eigenvalue weighted by molar-refractivity contribution is -0.146. The van der Waals surface area contributed by atoms with Crippen LogP contribution in [-0.4, -0.2) is 61.2 Å². The molecule has 0 saturated carbocycles. The summed E-state index contributed by atoms with van der Waals surface area (Å²) >= 11 is 0. The van der Waals surface area contributed by atoms with Crippen molar-refractivity contribution in [2.45, 2.75) is 44.4 Å². The fourth-order valence-electron chi connectivity index (χ4n) is 3.68. The van der Waals surface area contributed by atoms with Crippen molar-refractivity contribution in [3.05, 3.63) is 35.9 Å². The Morgan fingerprint density at radius 2 is 2.00 bits per heavy atom. The third kappa shape index (κ3) is 6.17. The smallest absolute Gasteiger partial charge is 0.424 e. The number of nitrogens with zero attached hydrogens (tertiary/aromatic N) is 1. The zero-order valence-corrected chi connectivity index (χ0v) is 17.5. The zero-order chi connectivity index (χ0) is 22.2. The lowest BCUT2D eigenvalue weighted by Crippen LogP contribution is -2.59. The number of amides is 3. The van der Waals surface area contributed by atoms with Gasteiger partial charge in [0.1, 0.15) is 18.7 Å². The average Bonchev–Trinajstić information content (AvgIpc) is 3.21. The van der Waals surface area contributed by atoms with Crippen LogP contribution in [0.25, 0.3) is 0 Å². The molecular weight excluding hydrogens is 404 g/mol. The van der Waals surface area contributed by atoms with Crippen LogP contribution >= 0.6 is 0 Å². The number of ether oxygens (including phenoxy) is 2. The van der Waals surface area contributed by atoms with Crippen LogP contribution in [0.3, 0.4) is 0 Å². The highest BCUT2D eigenvalue weighted by molar-refractivity contribution is 5.88. The molecule has 2 aliphatic heterocycles. The van der Waals surface area contributed by atoms with Crippen LogP contribution in [0.1, 0.15) is 31.2 Å². The van der Waals surface area contributed by atoms with E-state index in [9.17, 15) is 19.2 Å². The molecule has 2 aliphatic rings. The number of hydrogen-bond donors (Lipinski definition) is 3. The molecule has 0 bridgehead atoms. The summed E-state index contributed by atoms with van der Waals surface area (Å²) in [5, 5.41) is 6.66. The number of esters is 1. The third-order valence-electron chi connectivity index (χ3n) is 5.41. The van der Waals surface area contributed by atoms with Gasteiger partial charge in [0.25, 0.3) is 0 Å². The zero-order valence-electron chi connectivity index (χ0n) is 17.5. The molecule has 3 N–H and O–H groups in total. The highest BCUT2D eigenvalue weighted by Crippen LogP contribution is 2.17. The molecule has 1 aromatic carbocycles. The molecule has 0 aliphatic carbocycles. The molecule has 2 heterocycles. The van der Waals surface area contributed by atoms with E-state index in [2.05, 4.69) is 16.1 Å². The van der Waals surface area contributed by atoms with Crippen LogP contribution in [0, 0.1) is 5.92 Å². The fraction of sp³-hybridized carbons (Fsp3) is 0.524. The van der Waals surface area contributed by atoms with Crippen LogP contribution in [0.15, 0.2) is 30.3 Å².